The van der Waals surface area contributed by atoms with E-state index in [0.29, 0.717) is 17.9 Å². The smallest absolute Gasteiger partial charge is 0.256 e. The summed E-state index contributed by atoms with van der Waals surface area (Å²) in [5.74, 6) is 2.37. The second-order valence-electron chi connectivity index (χ2n) is 6.60. The molecule has 2 aliphatic heterocycles. The fourth-order valence-electron chi connectivity index (χ4n) is 3.40. The maximum atomic E-state index is 12.6. The van der Waals surface area contributed by atoms with E-state index >= 15 is 0 Å². The zero-order chi connectivity index (χ0) is 17.1. The number of nitrogens with one attached hydrogen (secondary N) is 1. The van der Waals surface area contributed by atoms with Crippen LogP contribution in [0.4, 0.5) is 5.82 Å². The van der Waals surface area contributed by atoms with Crippen molar-refractivity contribution in [3.8, 4) is 5.75 Å². The molecule has 1 atom stereocenters. The van der Waals surface area contributed by atoms with Crippen LogP contribution >= 0.6 is 0 Å². The van der Waals surface area contributed by atoms with Gasteiger partial charge in [-0.25, -0.2) is 4.98 Å². The van der Waals surface area contributed by atoms with Crippen LogP contribution in [0.2, 0.25) is 0 Å². The van der Waals surface area contributed by atoms with Crippen molar-refractivity contribution < 1.29 is 14.3 Å². The largest absolute Gasteiger partial charge is 0.491 e. The average molecular weight is 341 g/mol. The third kappa shape index (κ3) is 3.69. The van der Waals surface area contributed by atoms with E-state index in [1.807, 2.05) is 12.1 Å². The minimum atomic E-state index is -0.143. The molecule has 1 N–H and O–H groups in total. The molecule has 1 fully saturated rings. The van der Waals surface area contributed by atoms with E-state index in [1.165, 1.54) is 0 Å². The minimum Gasteiger partial charge on any atom is -0.491 e. The van der Waals surface area contributed by atoms with Crippen LogP contribution in [0.25, 0.3) is 0 Å². The van der Waals surface area contributed by atoms with E-state index in [4.69, 9.17) is 9.47 Å². The summed E-state index contributed by atoms with van der Waals surface area (Å²) in [4.78, 5) is 17.0. The minimum absolute atomic E-state index is 0.143. The monoisotopic (exact) mass is 341 g/mol. The molecule has 25 heavy (non-hydrogen) atoms. The molecule has 0 aliphatic carbocycles. The number of anilines is 1. The van der Waals surface area contributed by atoms with Gasteiger partial charge in [-0.1, -0.05) is 6.07 Å². The van der Waals surface area contributed by atoms with Crippen LogP contribution < -0.4 is 10.1 Å². The second-order valence-corrected chi connectivity index (χ2v) is 6.60. The van der Waals surface area contributed by atoms with Crippen molar-refractivity contribution in [2.24, 2.45) is 0 Å². The number of aryl methyl sites for hydroxylation is 1. The lowest BCUT2D eigenvalue weighted by molar-refractivity contribution is 0.0679. The predicted molar refractivity (Wildman–Crippen MR) is 94.0 cm³/mol. The number of hydrogen-bond donors (Lipinski definition) is 1. The molecule has 4 rings (SSSR count). The first-order chi connectivity index (χ1) is 12.3. The molecule has 3 heterocycles. The SMILES string of the molecule is O=C(Nc1cnc2n1CCCC2)c1cccc(OCC2CCCO2)c1. The van der Waals surface area contributed by atoms with Crippen LogP contribution in [0, 0.1) is 0 Å². The third-order valence-corrected chi connectivity index (χ3v) is 4.77. The summed E-state index contributed by atoms with van der Waals surface area (Å²) in [5.41, 5.74) is 0.580. The number of hydrogen-bond acceptors (Lipinski definition) is 4. The Hall–Kier alpha value is -2.34. The van der Waals surface area contributed by atoms with Gasteiger partial charge in [-0.2, -0.15) is 0 Å². The summed E-state index contributed by atoms with van der Waals surface area (Å²) in [5, 5.41) is 2.97. The predicted octanol–water partition coefficient (Wildman–Crippen LogP) is 3.03. The van der Waals surface area contributed by atoms with Gasteiger partial charge >= 0.3 is 0 Å². The Morgan fingerprint density at radius 3 is 3.20 bits per heavy atom. The van der Waals surface area contributed by atoms with Crippen LogP contribution in [0.15, 0.2) is 30.5 Å². The van der Waals surface area contributed by atoms with E-state index in [-0.39, 0.29) is 12.0 Å². The zero-order valence-electron chi connectivity index (χ0n) is 14.2. The summed E-state index contributed by atoms with van der Waals surface area (Å²) in [7, 11) is 0. The molecule has 2 aliphatic rings. The van der Waals surface area contributed by atoms with Crippen molar-refractivity contribution in [2.45, 2.75) is 44.8 Å². The third-order valence-electron chi connectivity index (χ3n) is 4.77. The highest BCUT2D eigenvalue weighted by molar-refractivity contribution is 6.04. The molecular formula is C19H23N3O3. The number of carbonyl (C=O) groups is 1. The second kappa shape index (κ2) is 7.27. The fourth-order valence-corrected chi connectivity index (χ4v) is 3.40. The normalized spacial score (nSPS) is 19.4. The molecule has 1 amide bonds. The number of nitrogens with zero attached hydrogens (tertiary/aromatic N) is 2. The molecule has 132 valence electrons. The van der Waals surface area contributed by atoms with E-state index in [2.05, 4.69) is 14.9 Å². The van der Waals surface area contributed by atoms with Crippen LogP contribution in [-0.4, -0.2) is 34.8 Å². The summed E-state index contributed by atoms with van der Waals surface area (Å²) in [6, 6.07) is 7.28. The Kier molecular flexibility index (Phi) is 4.70. The Balaban J connectivity index is 1.41. The number of amides is 1. The highest BCUT2D eigenvalue weighted by Gasteiger charge is 2.18. The Morgan fingerprint density at radius 1 is 1.36 bits per heavy atom. The van der Waals surface area contributed by atoms with Gasteiger partial charge < -0.3 is 19.4 Å². The summed E-state index contributed by atoms with van der Waals surface area (Å²) in [6.45, 7) is 2.25. The Bertz CT molecular complexity index is 750. The van der Waals surface area contributed by atoms with Gasteiger partial charge in [-0.3, -0.25) is 4.79 Å². The molecule has 1 saturated heterocycles. The van der Waals surface area contributed by atoms with Crippen LogP contribution in [-0.2, 0) is 17.7 Å². The zero-order valence-corrected chi connectivity index (χ0v) is 14.2. The molecule has 0 saturated carbocycles. The lowest BCUT2D eigenvalue weighted by Gasteiger charge is -2.16. The molecule has 6 nitrogen and oxygen atoms in total. The van der Waals surface area contributed by atoms with Crippen molar-refractivity contribution in [2.75, 3.05) is 18.5 Å². The van der Waals surface area contributed by atoms with Crippen molar-refractivity contribution in [3.63, 3.8) is 0 Å². The molecular weight excluding hydrogens is 318 g/mol. The first-order valence-electron chi connectivity index (χ1n) is 9.00. The Morgan fingerprint density at radius 2 is 2.32 bits per heavy atom. The maximum Gasteiger partial charge on any atom is 0.256 e. The van der Waals surface area contributed by atoms with E-state index in [1.54, 1.807) is 18.3 Å². The number of benzene rings is 1. The summed E-state index contributed by atoms with van der Waals surface area (Å²) < 4.78 is 13.4. The number of carbonyl (C=O) groups excluding carboxylic acids is 1. The van der Waals surface area contributed by atoms with Crippen LogP contribution in [0.3, 0.4) is 0 Å². The van der Waals surface area contributed by atoms with Crippen LogP contribution in [0.1, 0.15) is 41.9 Å². The first-order valence-corrected chi connectivity index (χ1v) is 9.00. The van der Waals surface area contributed by atoms with Crippen molar-refractivity contribution in [3.05, 3.63) is 41.9 Å². The molecule has 2 aromatic rings. The average Bonchev–Trinajstić information content (AvgIpc) is 3.31. The quantitative estimate of drug-likeness (QED) is 0.908. The lowest BCUT2D eigenvalue weighted by Crippen LogP contribution is -2.19. The van der Waals surface area contributed by atoms with E-state index in [9.17, 15) is 4.79 Å². The van der Waals surface area contributed by atoms with Crippen molar-refractivity contribution in [1.82, 2.24) is 9.55 Å². The number of imidazole rings is 1. The lowest BCUT2D eigenvalue weighted by atomic mass is 10.2. The highest BCUT2D eigenvalue weighted by Crippen LogP contribution is 2.21. The molecule has 0 spiro atoms. The molecule has 1 aromatic carbocycles. The molecule has 1 unspecified atom stereocenters. The summed E-state index contributed by atoms with van der Waals surface area (Å²) >= 11 is 0. The number of rotatable bonds is 5. The summed E-state index contributed by atoms with van der Waals surface area (Å²) in [6.07, 6.45) is 7.29. The van der Waals surface area contributed by atoms with Gasteiger partial charge in [0.15, 0.2) is 0 Å². The standard InChI is InChI=1S/C19H23N3O3/c23-19(21-18-12-20-17-8-1-2-9-22(17)18)14-5-3-6-15(11-14)25-13-16-7-4-10-24-16/h3,5-6,11-12,16H,1-2,4,7-10,13H2,(H,21,23). The van der Waals surface area contributed by atoms with Gasteiger partial charge in [0.25, 0.3) is 5.91 Å². The number of aromatic nitrogens is 2. The topological polar surface area (TPSA) is 65.4 Å². The van der Waals surface area contributed by atoms with E-state index < -0.39 is 0 Å². The van der Waals surface area contributed by atoms with Gasteiger partial charge in [0, 0.05) is 25.1 Å². The van der Waals surface area contributed by atoms with Crippen LogP contribution in [0.5, 0.6) is 5.75 Å². The molecule has 6 heteroatoms. The number of ether oxygens (including phenoxy) is 2. The molecule has 0 radical (unpaired) electrons. The van der Waals surface area contributed by atoms with Gasteiger partial charge in [0.1, 0.15) is 24.0 Å². The van der Waals surface area contributed by atoms with Crippen molar-refractivity contribution in [1.29, 1.82) is 0 Å². The highest BCUT2D eigenvalue weighted by atomic mass is 16.5. The van der Waals surface area contributed by atoms with Gasteiger partial charge in [-0.15, -0.1) is 0 Å². The van der Waals surface area contributed by atoms with E-state index in [0.717, 1.165) is 56.9 Å². The first kappa shape index (κ1) is 16.1. The Labute approximate surface area is 147 Å². The van der Waals surface area contributed by atoms with Gasteiger partial charge in [0.2, 0.25) is 0 Å². The fraction of sp³-hybridized carbons (Fsp3) is 0.474. The maximum absolute atomic E-state index is 12.6. The molecule has 0 bridgehead atoms. The van der Waals surface area contributed by atoms with Gasteiger partial charge in [0.05, 0.1) is 12.3 Å². The van der Waals surface area contributed by atoms with Gasteiger partial charge in [-0.05, 0) is 43.9 Å². The van der Waals surface area contributed by atoms with Crippen molar-refractivity contribution >= 4 is 11.7 Å². The molecule has 1 aromatic heterocycles. The number of fused-ring (bicyclic) bond motifs is 1.